The van der Waals surface area contributed by atoms with E-state index in [0.29, 0.717) is 24.8 Å². The van der Waals surface area contributed by atoms with Crippen LogP contribution in [0, 0.1) is 6.92 Å². The number of piperidine rings is 1. The first kappa shape index (κ1) is 15.2. The second-order valence-electron chi connectivity index (χ2n) is 5.65. The lowest BCUT2D eigenvalue weighted by Gasteiger charge is -2.37. The van der Waals surface area contributed by atoms with Gasteiger partial charge in [0.2, 0.25) is 0 Å². The van der Waals surface area contributed by atoms with Gasteiger partial charge in [0.15, 0.2) is 0 Å². The van der Waals surface area contributed by atoms with Crippen LogP contribution in [0.3, 0.4) is 0 Å². The van der Waals surface area contributed by atoms with Crippen molar-refractivity contribution in [3.63, 3.8) is 0 Å². The summed E-state index contributed by atoms with van der Waals surface area (Å²) in [6, 6.07) is 3.97. The van der Waals surface area contributed by atoms with Crippen LogP contribution in [0.15, 0.2) is 12.1 Å². The molecule has 1 aromatic heterocycles. The molecule has 1 aliphatic heterocycles. The maximum atomic E-state index is 9.93. The molecule has 1 fully saturated rings. The Labute approximate surface area is 120 Å². The number of likely N-dealkylation sites (tertiary alicyclic amines) is 1. The molecule has 0 bridgehead atoms. The van der Waals surface area contributed by atoms with Crippen LogP contribution < -0.4 is 0 Å². The molecule has 20 heavy (non-hydrogen) atoms. The lowest BCUT2D eigenvalue weighted by atomic mass is 10.0. The van der Waals surface area contributed by atoms with Crippen LogP contribution >= 0.6 is 0 Å². The minimum atomic E-state index is 0.138. The van der Waals surface area contributed by atoms with Crippen LogP contribution in [0.5, 0.6) is 5.75 Å². The topological polar surface area (TPSA) is 59.8 Å². The summed E-state index contributed by atoms with van der Waals surface area (Å²) in [5.74, 6) is 0.242. The van der Waals surface area contributed by atoms with Gasteiger partial charge in [-0.05, 0) is 52.0 Å². The Morgan fingerprint density at radius 3 is 2.70 bits per heavy atom. The van der Waals surface area contributed by atoms with E-state index in [4.69, 9.17) is 0 Å². The van der Waals surface area contributed by atoms with E-state index in [0.717, 1.165) is 31.6 Å². The molecule has 2 N–H and O–H groups in total. The van der Waals surface area contributed by atoms with Gasteiger partial charge < -0.3 is 15.1 Å². The maximum absolute atomic E-state index is 9.93. The molecule has 0 atom stereocenters. The number of hydrogen-bond acceptors (Lipinski definition) is 5. The Morgan fingerprint density at radius 1 is 1.35 bits per heavy atom. The quantitative estimate of drug-likeness (QED) is 0.841. The van der Waals surface area contributed by atoms with Crippen molar-refractivity contribution in [2.45, 2.75) is 32.4 Å². The number of pyridine rings is 1. The third-order valence-electron chi connectivity index (χ3n) is 4.03. The molecule has 2 heterocycles. The first-order valence-corrected chi connectivity index (χ1v) is 7.29. The molecule has 1 saturated heterocycles. The normalized spacial score (nSPS) is 17.8. The van der Waals surface area contributed by atoms with Crippen molar-refractivity contribution in [1.29, 1.82) is 0 Å². The summed E-state index contributed by atoms with van der Waals surface area (Å²) in [6.45, 7) is 5.46. The molecule has 0 aromatic carbocycles. The van der Waals surface area contributed by atoms with E-state index in [2.05, 4.69) is 21.8 Å². The molecule has 112 valence electrons. The summed E-state index contributed by atoms with van der Waals surface area (Å²) in [5.41, 5.74) is 1.61. The smallest absolute Gasteiger partial charge is 0.138 e. The van der Waals surface area contributed by atoms with Crippen LogP contribution in [0.1, 0.15) is 24.2 Å². The Kier molecular flexibility index (Phi) is 5.34. The molecule has 2 rings (SSSR count). The van der Waals surface area contributed by atoms with Crippen molar-refractivity contribution in [2.75, 3.05) is 33.3 Å². The van der Waals surface area contributed by atoms with Crippen LogP contribution in [0.25, 0.3) is 0 Å². The Balaban J connectivity index is 2.06. The van der Waals surface area contributed by atoms with Crippen molar-refractivity contribution in [1.82, 2.24) is 14.8 Å². The number of aliphatic hydroxyl groups is 1. The Bertz CT molecular complexity index is 431. The lowest BCUT2D eigenvalue weighted by Crippen LogP contribution is -2.44. The molecule has 5 heteroatoms. The zero-order chi connectivity index (χ0) is 14.5. The van der Waals surface area contributed by atoms with Gasteiger partial charge in [-0.1, -0.05) is 0 Å². The zero-order valence-corrected chi connectivity index (χ0v) is 12.4. The molecule has 0 radical (unpaired) electrons. The number of aryl methyl sites for hydroxylation is 1. The summed E-state index contributed by atoms with van der Waals surface area (Å²) in [4.78, 5) is 8.99. The minimum Gasteiger partial charge on any atom is -0.506 e. The number of rotatable bonds is 5. The van der Waals surface area contributed by atoms with Crippen molar-refractivity contribution in [3.8, 4) is 5.75 Å². The maximum Gasteiger partial charge on any atom is 0.138 e. The van der Waals surface area contributed by atoms with Crippen LogP contribution in [0.2, 0.25) is 0 Å². The first-order valence-electron chi connectivity index (χ1n) is 7.29. The summed E-state index contributed by atoms with van der Waals surface area (Å²) in [7, 11) is 2.14. The largest absolute Gasteiger partial charge is 0.506 e. The Morgan fingerprint density at radius 2 is 2.05 bits per heavy atom. The molecule has 1 aliphatic rings. The van der Waals surface area contributed by atoms with Crippen molar-refractivity contribution >= 4 is 0 Å². The second kappa shape index (κ2) is 7.02. The van der Waals surface area contributed by atoms with Crippen LogP contribution in [0.4, 0.5) is 0 Å². The molecule has 0 spiro atoms. The van der Waals surface area contributed by atoms with E-state index in [1.807, 2.05) is 13.0 Å². The fourth-order valence-electron chi connectivity index (χ4n) is 2.79. The van der Waals surface area contributed by atoms with Gasteiger partial charge in [0, 0.05) is 24.8 Å². The molecule has 5 nitrogen and oxygen atoms in total. The second-order valence-corrected chi connectivity index (χ2v) is 5.65. The molecule has 1 aromatic rings. The number of aromatic hydroxyl groups is 1. The highest BCUT2D eigenvalue weighted by Gasteiger charge is 2.24. The third kappa shape index (κ3) is 3.91. The van der Waals surface area contributed by atoms with Gasteiger partial charge in [0.1, 0.15) is 5.75 Å². The summed E-state index contributed by atoms with van der Waals surface area (Å²) in [6.07, 6.45) is 2.20. The fourth-order valence-corrected chi connectivity index (χ4v) is 2.79. The number of hydrogen-bond donors (Lipinski definition) is 2. The Hall–Kier alpha value is -1.17. The minimum absolute atomic E-state index is 0.138. The molecule has 0 unspecified atom stereocenters. The fraction of sp³-hybridized carbons (Fsp3) is 0.667. The van der Waals surface area contributed by atoms with Gasteiger partial charge >= 0.3 is 0 Å². The van der Waals surface area contributed by atoms with Crippen molar-refractivity contribution in [2.24, 2.45) is 0 Å². The first-order chi connectivity index (χ1) is 9.60. The van der Waals surface area contributed by atoms with Gasteiger partial charge in [0.05, 0.1) is 12.3 Å². The van der Waals surface area contributed by atoms with Gasteiger partial charge in [-0.15, -0.1) is 0 Å². The summed E-state index contributed by atoms with van der Waals surface area (Å²) in [5, 5.41) is 19.2. The number of nitrogens with zero attached hydrogens (tertiary/aromatic N) is 3. The van der Waals surface area contributed by atoms with E-state index in [1.165, 1.54) is 0 Å². The summed E-state index contributed by atoms with van der Waals surface area (Å²) < 4.78 is 0. The van der Waals surface area contributed by atoms with Gasteiger partial charge in [-0.2, -0.15) is 0 Å². The van der Waals surface area contributed by atoms with Crippen LogP contribution in [-0.4, -0.2) is 64.3 Å². The average molecular weight is 279 g/mol. The predicted molar refractivity (Wildman–Crippen MR) is 78.7 cm³/mol. The monoisotopic (exact) mass is 279 g/mol. The zero-order valence-electron chi connectivity index (χ0n) is 12.4. The highest BCUT2D eigenvalue weighted by Crippen LogP contribution is 2.21. The third-order valence-corrected chi connectivity index (χ3v) is 4.03. The van der Waals surface area contributed by atoms with Gasteiger partial charge in [0.25, 0.3) is 0 Å². The highest BCUT2D eigenvalue weighted by atomic mass is 16.3. The lowest BCUT2D eigenvalue weighted by molar-refractivity contribution is 0.0923. The van der Waals surface area contributed by atoms with E-state index >= 15 is 0 Å². The van der Waals surface area contributed by atoms with Gasteiger partial charge in [-0.3, -0.25) is 9.88 Å². The molecule has 0 saturated carbocycles. The van der Waals surface area contributed by atoms with E-state index in [1.54, 1.807) is 6.07 Å². The molecular weight excluding hydrogens is 254 g/mol. The van der Waals surface area contributed by atoms with Crippen LogP contribution in [-0.2, 0) is 6.54 Å². The number of aliphatic hydroxyl groups excluding tert-OH is 1. The summed E-state index contributed by atoms with van der Waals surface area (Å²) >= 11 is 0. The molecular formula is C15H25N3O2. The number of aromatic nitrogens is 1. The molecule has 0 amide bonds. The van der Waals surface area contributed by atoms with Gasteiger partial charge in [-0.25, -0.2) is 0 Å². The van der Waals surface area contributed by atoms with E-state index in [-0.39, 0.29) is 12.4 Å². The predicted octanol–water partition coefficient (Wildman–Crippen LogP) is 0.984. The average Bonchev–Trinajstić information content (AvgIpc) is 2.43. The van der Waals surface area contributed by atoms with Crippen molar-refractivity contribution in [3.05, 3.63) is 23.5 Å². The van der Waals surface area contributed by atoms with E-state index < -0.39 is 0 Å². The SMILES string of the molecule is Cc1ccc(O)c(CN(CCO)C2CCN(C)CC2)n1. The van der Waals surface area contributed by atoms with Crippen molar-refractivity contribution < 1.29 is 10.2 Å². The molecule has 0 aliphatic carbocycles. The highest BCUT2D eigenvalue weighted by molar-refractivity contribution is 5.27. The standard InChI is InChI=1S/C15H25N3O2/c1-12-3-4-15(20)14(16-12)11-18(9-10-19)13-5-7-17(2)8-6-13/h3-4,13,19-20H,5-11H2,1-2H3. The van der Waals surface area contributed by atoms with E-state index in [9.17, 15) is 10.2 Å².